The summed E-state index contributed by atoms with van der Waals surface area (Å²) >= 11 is 16.9. The Labute approximate surface area is 138 Å². The Morgan fingerprint density at radius 3 is 2.85 bits per heavy atom. The van der Waals surface area contributed by atoms with E-state index in [1.54, 1.807) is 24.0 Å². The summed E-state index contributed by atoms with van der Waals surface area (Å²) in [4.78, 5) is 11.9. The second-order valence-electron chi connectivity index (χ2n) is 4.10. The van der Waals surface area contributed by atoms with Crippen molar-refractivity contribution in [2.75, 3.05) is 0 Å². The Balaban J connectivity index is 1.77. The third-order valence-corrected chi connectivity index (χ3v) is 4.76. The minimum absolute atomic E-state index is 0.568. The van der Waals surface area contributed by atoms with Crippen LogP contribution in [0.15, 0.2) is 40.1 Å². The molecule has 3 nitrogen and oxygen atoms in total. The topological polar surface area (TPSA) is 41.6 Å². The van der Waals surface area contributed by atoms with Gasteiger partial charge in [-0.15, -0.1) is 0 Å². The molecular weight excluding hydrogens is 381 g/mol. The largest absolute Gasteiger partial charge is 0.331 e. The molecule has 0 spiro atoms. The first-order valence-electron chi connectivity index (χ1n) is 5.70. The Hall–Kier alpha value is -0.750. The maximum Gasteiger partial charge on any atom is 0.178 e. The van der Waals surface area contributed by atoms with Gasteiger partial charge in [0.25, 0.3) is 0 Å². The van der Waals surface area contributed by atoms with Gasteiger partial charge in [-0.3, -0.25) is 0 Å². The van der Waals surface area contributed by atoms with Crippen LogP contribution in [0, 0.1) is 0 Å². The summed E-state index contributed by atoms with van der Waals surface area (Å²) in [6.07, 6.45) is 1.73. The van der Waals surface area contributed by atoms with E-state index in [2.05, 4.69) is 30.9 Å². The Morgan fingerprint density at radius 1 is 1.20 bits per heavy atom. The number of nitrogens with one attached hydrogen (secondary N) is 1. The number of imidazole rings is 1. The number of halogens is 3. The van der Waals surface area contributed by atoms with Crippen molar-refractivity contribution in [3.63, 3.8) is 0 Å². The van der Waals surface area contributed by atoms with Crippen LogP contribution in [0.3, 0.4) is 0 Å². The molecule has 2 aromatic heterocycles. The predicted octanol–water partition coefficient (Wildman–Crippen LogP) is 5.32. The lowest BCUT2D eigenvalue weighted by Crippen LogP contribution is -1.82. The summed E-state index contributed by atoms with van der Waals surface area (Å²) in [7, 11) is 0. The highest BCUT2D eigenvalue weighted by Crippen LogP contribution is 2.27. The van der Waals surface area contributed by atoms with Crippen LogP contribution >= 0.6 is 50.9 Å². The second kappa shape index (κ2) is 5.93. The highest BCUT2D eigenvalue weighted by atomic mass is 79.9. The maximum absolute atomic E-state index is 6.00. The van der Waals surface area contributed by atoms with Crippen molar-refractivity contribution in [1.82, 2.24) is 15.0 Å². The number of rotatable bonds is 3. The van der Waals surface area contributed by atoms with E-state index >= 15 is 0 Å². The Kier molecular flexibility index (Phi) is 4.21. The first-order valence-corrected chi connectivity index (χ1v) is 8.23. The summed E-state index contributed by atoms with van der Waals surface area (Å²) in [6.45, 7) is 0. The van der Waals surface area contributed by atoms with Crippen molar-refractivity contribution in [2.45, 2.75) is 10.9 Å². The summed E-state index contributed by atoms with van der Waals surface area (Å²) in [5.74, 6) is 0.762. The molecule has 0 aliphatic rings. The molecule has 3 rings (SSSR count). The van der Waals surface area contributed by atoms with Crippen LogP contribution in [0.25, 0.3) is 11.2 Å². The standard InChI is InChI=1S/C13H8BrCl2N3S/c14-8-4-11-12(17-5-8)19-13(18-11)20-6-7-1-2-9(15)10(16)3-7/h1-5H,6H2,(H,17,18,19). The van der Waals surface area contributed by atoms with Gasteiger partial charge in [0.1, 0.15) is 0 Å². The van der Waals surface area contributed by atoms with E-state index in [1.807, 2.05) is 18.2 Å². The molecule has 102 valence electrons. The van der Waals surface area contributed by atoms with Crippen molar-refractivity contribution in [2.24, 2.45) is 0 Å². The van der Waals surface area contributed by atoms with Gasteiger partial charge in [-0.25, -0.2) is 9.97 Å². The van der Waals surface area contributed by atoms with Gasteiger partial charge in [0.15, 0.2) is 10.8 Å². The van der Waals surface area contributed by atoms with E-state index in [9.17, 15) is 0 Å². The minimum Gasteiger partial charge on any atom is -0.331 e. The molecule has 1 N–H and O–H groups in total. The number of benzene rings is 1. The Morgan fingerprint density at radius 2 is 2.05 bits per heavy atom. The third kappa shape index (κ3) is 3.11. The summed E-state index contributed by atoms with van der Waals surface area (Å²) < 4.78 is 0.926. The van der Waals surface area contributed by atoms with Crippen molar-refractivity contribution in [3.8, 4) is 0 Å². The monoisotopic (exact) mass is 387 g/mol. The van der Waals surface area contributed by atoms with E-state index in [1.165, 1.54) is 0 Å². The average Bonchev–Trinajstić information content (AvgIpc) is 2.82. The van der Waals surface area contributed by atoms with Gasteiger partial charge in [0, 0.05) is 16.4 Å². The molecule has 2 heterocycles. The van der Waals surface area contributed by atoms with Crippen LogP contribution in [0.4, 0.5) is 0 Å². The first-order chi connectivity index (χ1) is 9.61. The van der Waals surface area contributed by atoms with Crippen molar-refractivity contribution >= 4 is 62.1 Å². The fraction of sp³-hybridized carbons (Fsp3) is 0.0769. The molecule has 0 fully saturated rings. The van der Waals surface area contributed by atoms with Gasteiger partial charge in [0.05, 0.1) is 15.6 Å². The van der Waals surface area contributed by atoms with E-state index in [0.29, 0.717) is 15.7 Å². The van der Waals surface area contributed by atoms with Crippen LogP contribution in [0.5, 0.6) is 0 Å². The normalized spacial score (nSPS) is 11.2. The molecule has 0 aliphatic heterocycles. The molecule has 1 aromatic carbocycles. The first kappa shape index (κ1) is 14.2. The van der Waals surface area contributed by atoms with Crippen LogP contribution < -0.4 is 0 Å². The SMILES string of the molecule is Clc1ccc(CSc2nc3ncc(Br)cc3[nH]2)cc1Cl. The number of hydrogen-bond donors (Lipinski definition) is 1. The molecular formula is C13H8BrCl2N3S. The van der Waals surface area contributed by atoms with Gasteiger partial charge in [-0.05, 0) is 39.7 Å². The van der Waals surface area contributed by atoms with Crippen molar-refractivity contribution in [1.29, 1.82) is 0 Å². The maximum atomic E-state index is 6.00. The van der Waals surface area contributed by atoms with E-state index in [4.69, 9.17) is 23.2 Å². The Bertz CT molecular complexity index is 775. The number of thioether (sulfide) groups is 1. The predicted molar refractivity (Wildman–Crippen MR) is 87.6 cm³/mol. The van der Waals surface area contributed by atoms with Crippen molar-refractivity contribution in [3.05, 3.63) is 50.5 Å². The number of H-pyrrole nitrogens is 1. The third-order valence-electron chi connectivity index (χ3n) is 2.64. The lowest BCUT2D eigenvalue weighted by atomic mass is 10.2. The van der Waals surface area contributed by atoms with Crippen LogP contribution in [-0.4, -0.2) is 15.0 Å². The molecule has 0 radical (unpaired) electrons. The van der Waals surface area contributed by atoms with Crippen molar-refractivity contribution < 1.29 is 0 Å². The van der Waals surface area contributed by atoms with Crippen LogP contribution in [-0.2, 0) is 5.75 Å². The average molecular weight is 389 g/mol. The smallest absolute Gasteiger partial charge is 0.178 e. The van der Waals surface area contributed by atoms with E-state index in [0.717, 1.165) is 26.5 Å². The lowest BCUT2D eigenvalue weighted by Gasteiger charge is -2.01. The zero-order valence-corrected chi connectivity index (χ0v) is 13.9. The molecule has 0 saturated carbocycles. The van der Waals surface area contributed by atoms with E-state index in [-0.39, 0.29) is 0 Å². The molecule has 20 heavy (non-hydrogen) atoms. The highest BCUT2D eigenvalue weighted by molar-refractivity contribution is 9.10. The number of fused-ring (bicyclic) bond motifs is 1. The number of aromatic amines is 1. The molecule has 0 bridgehead atoms. The lowest BCUT2D eigenvalue weighted by molar-refractivity contribution is 1.07. The summed E-state index contributed by atoms with van der Waals surface area (Å²) in [6, 6.07) is 7.59. The molecule has 0 saturated heterocycles. The zero-order chi connectivity index (χ0) is 14.1. The fourth-order valence-electron chi connectivity index (χ4n) is 1.70. The quantitative estimate of drug-likeness (QED) is 0.617. The van der Waals surface area contributed by atoms with Crippen LogP contribution in [0.2, 0.25) is 10.0 Å². The summed E-state index contributed by atoms with van der Waals surface area (Å²) in [5.41, 5.74) is 2.72. The van der Waals surface area contributed by atoms with E-state index < -0.39 is 0 Å². The molecule has 7 heteroatoms. The van der Waals surface area contributed by atoms with Gasteiger partial charge in [-0.1, -0.05) is 41.0 Å². The second-order valence-corrected chi connectivity index (χ2v) is 6.80. The number of nitrogens with zero attached hydrogens (tertiary/aromatic N) is 2. The highest BCUT2D eigenvalue weighted by Gasteiger charge is 2.06. The fourth-order valence-corrected chi connectivity index (χ4v) is 3.17. The van der Waals surface area contributed by atoms with Gasteiger partial charge >= 0.3 is 0 Å². The van der Waals surface area contributed by atoms with Gasteiger partial charge < -0.3 is 4.98 Å². The minimum atomic E-state index is 0.568. The summed E-state index contributed by atoms with van der Waals surface area (Å²) in [5, 5.41) is 1.97. The molecule has 0 unspecified atom stereocenters. The molecule has 0 amide bonds. The zero-order valence-electron chi connectivity index (χ0n) is 10.0. The number of aromatic nitrogens is 3. The van der Waals surface area contributed by atoms with Gasteiger partial charge in [-0.2, -0.15) is 0 Å². The number of pyridine rings is 1. The van der Waals surface area contributed by atoms with Crippen LogP contribution in [0.1, 0.15) is 5.56 Å². The molecule has 3 aromatic rings. The molecule has 0 atom stereocenters. The molecule has 0 aliphatic carbocycles. The number of hydrogen-bond acceptors (Lipinski definition) is 3. The van der Waals surface area contributed by atoms with Gasteiger partial charge in [0.2, 0.25) is 0 Å².